The Balaban J connectivity index is 1.64. The van der Waals surface area contributed by atoms with Crippen LogP contribution in [0.4, 0.5) is 36.1 Å². The van der Waals surface area contributed by atoms with Crippen molar-refractivity contribution in [1.29, 1.82) is 0 Å². The number of aromatic nitrogens is 4. The lowest BCUT2D eigenvalue weighted by Gasteiger charge is -2.17. The maximum Gasteiger partial charge on any atom is 0.416 e. The van der Waals surface area contributed by atoms with E-state index >= 15 is 0 Å². The van der Waals surface area contributed by atoms with Crippen molar-refractivity contribution in [1.82, 2.24) is 19.9 Å². The Morgan fingerprint density at radius 3 is 2.49 bits per heavy atom. The number of benzene rings is 1. The van der Waals surface area contributed by atoms with Crippen molar-refractivity contribution in [2.45, 2.75) is 26.9 Å². The van der Waals surface area contributed by atoms with E-state index < -0.39 is 11.7 Å². The Hall–Kier alpha value is -4.47. The lowest BCUT2D eigenvalue weighted by atomic mass is 10.1. The number of nitrogens with zero attached hydrogens (tertiary/aromatic N) is 4. The van der Waals surface area contributed by atoms with Gasteiger partial charge in [-0.1, -0.05) is 12.6 Å². The number of rotatable bonds is 7. The molecule has 10 heteroatoms. The Labute approximate surface area is 212 Å². The third-order valence-electron chi connectivity index (χ3n) is 5.73. The normalized spacial score (nSPS) is 11.2. The highest BCUT2D eigenvalue weighted by atomic mass is 19.4. The zero-order chi connectivity index (χ0) is 26.7. The Kier molecular flexibility index (Phi) is 7.10. The molecule has 3 heterocycles. The number of aryl methyl sites for hydroxylation is 3. The first-order valence-electron chi connectivity index (χ1n) is 11.4. The fourth-order valence-electron chi connectivity index (χ4n) is 3.86. The van der Waals surface area contributed by atoms with Crippen LogP contribution in [0.2, 0.25) is 0 Å². The number of hydrogen-bond acceptors (Lipinski definition) is 7. The summed E-state index contributed by atoms with van der Waals surface area (Å²) < 4.78 is 39.8. The molecule has 0 amide bonds. The van der Waals surface area contributed by atoms with Gasteiger partial charge in [0.1, 0.15) is 17.8 Å². The summed E-state index contributed by atoms with van der Waals surface area (Å²) in [5, 5.41) is 9.59. The predicted octanol–water partition coefficient (Wildman–Crippen LogP) is 6.75. The second kappa shape index (κ2) is 10.3. The summed E-state index contributed by atoms with van der Waals surface area (Å²) in [6.45, 7) is 9.26. The van der Waals surface area contributed by atoms with Crippen molar-refractivity contribution in [3.05, 3.63) is 89.8 Å². The minimum Gasteiger partial charge on any atom is -0.385 e. The van der Waals surface area contributed by atoms with Crippen molar-refractivity contribution >= 4 is 28.6 Å². The SMILES string of the molecule is C=C(Nc1ccc(C)c(Nc2ncccc2-c2ncnc(C)c2NC)c1)c1cc(C(F)(F)F)cc(C)n1. The number of nitrogens with one attached hydrogen (secondary N) is 3. The molecule has 0 saturated carbocycles. The molecule has 0 aliphatic heterocycles. The molecule has 37 heavy (non-hydrogen) atoms. The first-order chi connectivity index (χ1) is 17.6. The van der Waals surface area contributed by atoms with E-state index in [1.54, 1.807) is 6.20 Å². The Bertz CT molecular complexity index is 1470. The molecule has 7 nitrogen and oxygen atoms in total. The molecule has 190 valence electrons. The lowest BCUT2D eigenvalue weighted by Crippen LogP contribution is -2.09. The van der Waals surface area contributed by atoms with Crippen molar-refractivity contribution in [3.8, 4) is 11.3 Å². The van der Waals surface area contributed by atoms with Crippen LogP contribution in [0, 0.1) is 20.8 Å². The third-order valence-corrected chi connectivity index (χ3v) is 5.73. The molecule has 0 unspecified atom stereocenters. The number of hydrogen-bond donors (Lipinski definition) is 3. The molecule has 0 radical (unpaired) electrons. The molecule has 3 N–H and O–H groups in total. The first kappa shape index (κ1) is 25.6. The molecular weight excluding hydrogens is 479 g/mol. The van der Waals surface area contributed by atoms with Crippen LogP contribution in [0.1, 0.15) is 28.2 Å². The van der Waals surface area contributed by atoms with Gasteiger partial charge in [0.05, 0.1) is 28.3 Å². The van der Waals surface area contributed by atoms with Gasteiger partial charge in [0.2, 0.25) is 0 Å². The molecule has 4 rings (SSSR count). The van der Waals surface area contributed by atoms with Crippen molar-refractivity contribution in [2.24, 2.45) is 0 Å². The monoisotopic (exact) mass is 505 g/mol. The molecule has 0 aliphatic carbocycles. The van der Waals surface area contributed by atoms with Gasteiger partial charge in [0.25, 0.3) is 0 Å². The average Bonchev–Trinajstić information content (AvgIpc) is 2.85. The summed E-state index contributed by atoms with van der Waals surface area (Å²) in [5.41, 5.74) is 5.26. The van der Waals surface area contributed by atoms with Gasteiger partial charge in [-0.05, 0) is 62.7 Å². The molecule has 4 aromatic rings. The maximum absolute atomic E-state index is 13.3. The Morgan fingerprint density at radius 1 is 0.973 bits per heavy atom. The van der Waals surface area contributed by atoms with Crippen LogP contribution in [0.15, 0.2) is 61.6 Å². The molecule has 0 aliphatic rings. The summed E-state index contributed by atoms with van der Waals surface area (Å²) in [6.07, 6.45) is -1.29. The van der Waals surface area contributed by atoms with Crippen molar-refractivity contribution in [3.63, 3.8) is 0 Å². The molecule has 0 saturated heterocycles. The molecule has 3 aromatic heterocycles. The van der Waals surface area contributed by atoms with Crippen LogP contribution < -0.4 is 16.0 Å². The van der Waals surface area contributed by atoms with E-state index in [0.29, 0.717) is 17.2 Å². The third kappa shape index (κ3) is 5.69. The molecule has 0 bridgehead atoms. The summed E-state index contributed by atoms with van der Waals surface area (Å²) >= 11 is 0. The molecular formula is C27H26F3N7. The molecule has 1 aromatic carbocycles. The van der Waals surface area contributed by atoms with E-state index in [0.717, 1.165) is 40.3 Å². The smallest absolute Gasteiger partial charge is 0.385 e. The van der Waals surface area contributed by atoms with Crippen LogP contribution in [0.5, 0.6) is 0 Å². The molecule has 0 fully saturated rings. The zero-order valence-corrected chi connectivity index (χ0v) is 20.8. The van der Waals surface area contributed by atoms with Crippen LogP contribution in [0.25, 0.3) is 17.0 Å². The van der Waals surface area contributed by atoms with Crippen LogP contribution in [-0.4, -0.2) is 27.0 Å². The quantitative estimate of drug-likeness (QED) is 0.256. The summed E-state index contributed by atoms with van der Waals surface area (Å²) in [7, 11) is 1.81. The van der Waals surface area contributed by atoms with Gasteiger partial charge in [0.15, 0.2) is 0 Å². The van der Waals surface area contributed by atoms with E-state index in [-0.39, 0.29) is 17.1 Å². The summed E-state index contributed by atoms with van der Waals surface area (Å²) in [6, 6.07) is 11.3. The maximum atomic E-state index is 13.3. The standard InChI is InChI=1S/C27H26F3N7/c1-15-8-9-20(36-17(3)23-12-19(27(28,29)30)11-16(2)35-23)13-22(15)37-26-21(7-6-10-32-26)25-24(31-5)18(4)33-14-34-25/h6-14,31,36H,3H2,1-2,4-5H3,(H,32,37). The topological polar surface area (TPSA) is 87.7 Å². The molecule has 0 atom stereocenters. The van der Waals surface area contributed by atoms with E-state index in [4.69, 9.17) is 0 Å². The van der Waals surface area contributed by atoms with Gasteiger partial charge in [-0.3, -0.25) is 4.98 Å². The lowest BCUT2D eigenvalue weighted by molar-refractivity contribution is -0.137. The summed E-state index contributed by atoms with van der Waals surface area (Å²) in [5.74, 6) is 0.589. The van der Waals surface area contributed by atoms with Gasteiger partial charge in [-0.2, -0.15) is 13.2 Å². The highest BCUT2D eigenvalue weighted by Crippen LogP contribution is 2.35. The number of anilines is 4. The zero-order valence-electron chi connectivity index (χ0n) is 20.8. The number of halogens is 3. The van der Waals surface area contributed by atoms with Crippen LogP contribution in [0.3, 0.4) is 0 Å². The fraction of sp³-hybridized carbons (Fsp3) is 0.185. The van der Waals surface area contributed by atoms with E-state index in [1.807, 2.05) is 51.2 Å². The van der Waals surface area contributed by atoms with E-state index in [1.165, 1.54) is 13.3 Å². The van der Waals surface area contributed by atoms with Crippen LogP contribution >= 0.6 is 0 Å². The van der Waals surface area contributed by atoms with Gasteiger partial charge in [0, 0.05) is 35.9 Å². The molecule has 0 spiro atoms. The van der Waals surface area contributed by atoms with E-state index in [2.05, 4.69) is 42.5 Å². The highest BCUT2D eigenvalue weighted by Gasteiger charge is 2.31. The van der Waals surface area contributed by atoms with Crippen molar-refractivity contribution in [2.75, 3.05) is 23.0 Å². The fourth-order valence-corrected chi connectivity index (χ4v) is 3.86. The minimum atomic E-state index is -4.47. The number of pyridine rings is 2. The highest BCUT2D eigenvalue weighted by molar-refractivity contribution is 5.85. The van der Waals surface area contributed by atoms with Gasteiger partial charge in [-0.15, -0.1) is 0 Å². The second-order valence-electron chi connectivity index (χ2n) is 8.47. The second-order valence-corrected chi connectivity index (χ2v) is 8.47. The van der Waals surface area contributed by atoms with E-state index in [9.17, 15) is 13.2 Å². The first-order valence-corrected chi connectivity index (χ1v) is 11.4. The summed E-state index contributed by atoms with van der Waals surface area (Å²) in [4.78, 5) is 17.5. The number of alkyl halides is 3. The van der Waals surface area contributed by atoms with Gasteiger partial charge < -0.3 is 16.0 Å². The Morgan fingerprint density at radius 2 is 1.76 bits per heavy atom. The van der Waals surface area contributed by atoms with Crippen molar-refractivity contribution < 1.29 is 13.2 Å². The van der Waals surface area contributed by atoms with Gasteiger partial charge >= 0.3 is 6.18 Å². The average molecular weight is 506 g/mol. The predicted molar refractivity (Wildman–Crippen MR) is 141 cm³/mol. The minimum absolute atomic E-state index is 0.119. The van der Waals surface area contributed by atoms with Gasteiger partial charge in [-0.25, -0.2) is 15.0 Å². The largest absolute Gasteiger partial charge is 0.416 e. The van der Waals surface area contributed by atoms with Crippen LogP contribution in [-0.2, 0) is 6.18 Å².